The highest BCUT2D eigenvalue weighted by molar-refractivity contribution is 6.30. The largest absolute Gasteiger partial charge is 0.490 e. The standard InChI is InChI=1S/C24H27ClN4O6/c1-4-34-19-11-16(22-21(23(31)33-3)14(2)27-24(32)28-22)8-9-18(19)35-13-20(30)29-26-12-15-6-5-7-17(25)10-15/h5-12,20,22,29-30H,4,13H2,1-3H3,(H2,27,28,32)/b26-12-/t20-,22+/m1/s1. The third-order valence-electron chi connectivity index (χ3n) is 4.96. The van der Waals surface area contributed by atoms with Gasteiger partial charge in [-0.1, -0.05) is 29.8 Å². The number of carbonyl (C=O) groups is 2. The molecule has 0 radical (unpaired) electrons. The number of carbonyl (C=O) groups excluding carboxylic acids is 2. The maximum Gasteiger partial charge on any atom is 0.337 e. The van der Waals surface area contributed by atoms with Gasteiger partial charge in [-0.25, -0.2) is 9.59 Å². The van der Waals surface area contributed by atoms with E-state index in [0.29, 0.717) is 34.4 Å². The Morgan fingerprint density at radius 2 is 2.06 bits per heavy atom. The van der Waals surface area contributed by atoms with Crippen LogP contribution in [0.3, 0.4) is 0 Å². The molecular weight excluding hydrogens is 476 g/mol. The molecule has 11 heteroatoms. The number of aliphatic hydroxyl groups is 1. The summed E-state index contributed by atoms with van der Waals surface area (Å²) in [5.74, 6) is 0.191. The van der Waals surface area contributed by atoms with Crippen molar-refractivity contribution in [3.63, 3.8) is 0 Å². The summed E-state index contributed by atoms with van der Waals surface area (Å²) in [6, 6.07) is 10.9. The fourth-order valence-electron chi connectivity index (χ4n) is 3.41. The van der Waals surface area contributed by atoms with Gasteiger partial charge in [0.25, 0.3) is 0 Å². The van der Waals surface area contributed by atoms with Crippen molar-refractivity contribution < 1.29 is 28.9 Å². The van der Waals surface area contributed by atoms with Crippen LogP contribution >= 0.6 is 11.6 Å². The van der Waals surface area contributed by atoms with Crippen LogP contribution in [0.4, 0.5) is 4.79 Å². The Morgan fingerprint density at radius 3 is 2.77 bits per heavy atom. The number of allylic oxidation sites excluding steroid dienone is 1. The van der Waals surface area contributed by atoms with Crippen LogP contribution < -0.4 is 25.5 Å². The van der Waals surface area contributed by atoms with E-state index in [2.05, 4.69) is 21.2 Å². The predicted octanol–water partition coefficient (Wildman–Crippen LogP) is 2.86. The van der Waals surface area contributed by atoms with Gasteiger partial charge >= 0.3 is 12.0 Å². The van der Waals surface area contributed by atoms with Gasteiger partial charge in [-0.3, -0.25) is 5.43 Å². The lowest BCUT2D eigenvalue weighted by Crippen LogP contribution is -2.45. The predicted molar refractivity (Wildman–Crippen MR) is 130 cm³/mol. The van der Waals surface area contributed by atoms with E-state index in [4.69, 9.17) is 25.8 Å². The number of urea groups is 1. The van der Waals surface area contributed by atoms with E-state index in [1.54, 1.807) is 43.3 Å². The summed E-state index contributed by atoms with van der Waals surface area (Å²) in [4.78, 5) is 24.4. The molecule has 2 atom stereocenters. The molecule has 0 bridgehead atoms. The molecule has 1 aliphatic heterocycles. The molecule has 2 aromatic rings. The van der Waals surface area contributed by atoms with Gasteiger partial charge in [-0.2, -0.15) is 5.10 Å². The second kappa shape index (κ2) is 12.1. The van der Waals surface area contributed by atoms with Crippen LogP contribution in [0.25, 0.3) is 0 Å². The molecule has 186 valence electrons. The molecule has 1 heterocycles. The average molecular weight is 503 g/mol. The van der Waals surface area contributed by atoms with E-state index in [1.807, 2.05) is 13.0 Å². The zero-order valence-electron chi connectivity index (χ0n) is 19.5. The molecule has 0 aliphatic carbocycles. The number of benzene rings is 2. The molecule has 4 N–H and O–H groups in total. The molecule has 2 amide bonds. The number of hydrogen-bond acceptors (Lipinski definition) is 8. The van der Waals surface area contributed by atoms with Crippen molar-refractivity contribution in [3.05, 3.63) is 69.9 Å². The fourth-order valence-corrected chi connectivity index (χ4v) is 3.61. The Balaban J connectivity index is 1.71. The number of esters is 1. The molecule has 35 heavy (non-hydrogen) atoms. The Kier molecular flexibility index (Phi) is 8.93. The molecule has 0 saturated heterocycles. The first-order valence-corrected chi connectivity index (χ1v) is 11.2. The van der Waals surface area contributed by atoms with Gasteiger partial charge in [-0.15, -0.1) is 0 Å². The number of hydrazone groups is 1. The third-order valence-corrected chi connectivity index (χ3v) is 5.19. The highest BCUT2D eigenvalue weighted by Crippen LogP contribution is 2.34. The molecule has 2 aromatic carbocycles. The summed E-state index contributed by atoms with van der Waals surface area (Å²) >= 11 is 5.94. The van der Waals surface area contributed by atoms with Gasteiger partial charge in [0.05, 0.1) is 31.5 Å². The van der Waals surface area contributed by atoms with Gasteiger partial charge in [0.1, 0.15) is 6.61 Å². The number of aliphatic hydroxyl groups excluding tert-OH is 1. The second-order valence-corrected chi connectivity index (χ2v) is 7.91. The maximum atomic E-state index is 12.3. The number of ether oxygens (including phenoxy) is 3. The minimum absolute atomic E-state index is 0.122. The Hall–Kier alpha value is -3.76. The van der Waals surface area contributed by atoms with Gasteiger partial charge in [-0.05, 0) is 49.2 Å². The van der Waals surface area contributed by atoms with Crippen LogP contribution in [0, 0.1) is 0 Å². The Labute approximate surface area is 207 Å². The number of nitrogens with one attached hydrogen (secondary N) is 3. The maximum absolute atomic E-state index is 12.3. The third kappa shape index (κ3) is 6.87. The first kappa shape index (κ1) is 25.9. The van der Waals surface area contributed by atoms with Crippen molar-refractivity contribution >= 4 is 29.8 Å². The van der Waals surface area contributed by atoms with Gasteiger partial charge in [0, 0.05) is 10.7 Å². The van der Waals surface area contributed by atoms with E-state index >= 15 is 0 Å². The quantitative estimate of drug-likeness (QED) is 0.170. The molecule has 10 nitrogen and oxygen atoms in total. The normalized spacial score (nSPS) is 16.4. The van der Waals surface area contributed by atoms with E-state index in [1.165, 1.54) is 13.3 Å². The highest BCUT2D eigenvalue weighted by atomic mass is 35.5. The van der Waals surface area contributed by atoms with Crippen LogP contribution in [-0.4, -0.2) is 49.9 Å². The molecule has 3 rings (SSSR count). The molecule has 1 aliphatic rings. The van der Waals surface area contributed by atoms with Gasteiger partial charge < -0.3 is 30.0 Å². The first-order chi connectivity index (χ1) is 16.8. The smallest absolute Gasteiger partial charge is 0.337 e. The number of halogens is 1. The number of rotatable bonds is 10. The van der Waals surface area contributed by atoms with E-state index in [0.717, 1.165) is 5.56 Å². The van der Waals surface area contributed by atoms with Crippen LogP contribution in [0.15, 0.2) is 58.8 Å². The zero-order valence-corrected chi connectivity index (χ0v) is 20.3. The number of methoxy groups -OCH3 is 1. The van der Waals surface area contributed by atoms with Gasteiger partial charge in [0.2, 0.25) is 0 Å². The van der Waals surface area contributed by atoms with E-state index in [9.17, 15) is 14.7 Å². The average Bonchev–Trinajstić information content (AvgIpc) is 2.82. The molecule has 0 unspecified atom stereocenters. The number of amides is 2. The van der Waals surface area contributed by atoms with Crippen molar-refractivity contribution in [2.45, 2.75) is 26.1 Å². The summed E-state index contributed by atoms with van der Waals surface area (Å²) in [7, 11) is 1.27. The van der Waals surface area contributed by atoms with Crippen LogP contribution in [0.2, 0.25) is 5.02 Å². The molecular formula is C24H27ClN4O6. The lowest BCUT2D eigenvalue weighted by atomic mass is 9.95. The summed E-state index contributed by atoms with van der Waals surface area (Å²) in [5.41, 5.74) is 4.62. The van der Waals surface area contributed by atoms with Crippen LogP contribution in [0.1, 0.15) is 31.0 Å². The van der Waals surface area contributed by atoms with Crippen molar-refractivity contribution in [3.8, 4) is 11.5 Å². The van der Waals surface area contributed by atoms with Crippen LogP contribution in [-0.2, 0) is 9.53 Å². The van der Waals surface area contributed by atoms with E-state index in [-0.39, 0.29) is 12.2 Å². The Morgan fingerprint density at radius 1 is 1.26 bits per heavy atom. The molecule has 0 spiro atoms. The SMILES string of the molecule is CCOc1cc([C@@H]2NC(=O)NC(C)=C2C(=O)OC)ccc1OC[C@@H](O)N/N=C\c1cccc(Cl)c1. The first-order valence-electron chi connectivity index (χ1n) is 10.8. The molecule has 0 saturated carbocycles. The fraction of sp³-hybridized carbons (Fsp3) is 0.292. The summed E-state index contributed by atoms with van der Waals surface area (Å²) < 4.78 is 16.3. The van der Waals surface area contributed by atoms with Crippen molar-refractivity contribution in [2.24, 2.45) is 5.10 Å². The van der Waals surface area contributed by atoms with Gasteiger partial charge in [0.15, 0.2) is 17.7 Å². The highest BCUT2D eigenvalue weighted by Gasteiger charge is 2.32. The van der Waals surface area contributed by atoms with Crippen molar-refractivity contribution in [1.82, 2.24) is 16.1 Å². The lowest BCUT2D eigenvalue weighted by molar-refractivity contribution is -0.136. The minimum Gasteiger partial charge on any atom is -0.490 e. The lowest BCUT2D eigenvalue weighted by Gasteiger charge is -2.28. The minimum atomic E-state index is -1.10. The summed E-state index contributed by atoms with van der Waals surface area (Å²) in [6.45, 7) is 3.67. The second-order valence-electron chi connectivity index (χ2n) is 7.47. The van der Waals surface area contributed by atoms with Crippen molar-refractivity contribution in [1.29, 1.82) is 0 Å². The van der Waals surface area contributed by atoms with E-state index < -0.39 is 24.3 Å². The molecule has 0 aromatic heterocycles. The van der Waals surface area contributed by atoms with Crippen molar-refractivity contribution in [2.75, 3.05) is 20.3 Å². The Bertz CT molecular complexity index is 1140. The van der Waals surface area contributed by atoms with Crippen LogP contribution in [0.5, 0.6) is 11.5 Å². The topological polar surface area (TPSA) is 131 Å². The number of nitrogens with zero attached hydrogens (tertiary/aromatic N) is 1. The zero-order chi connectivity index (χ0) is 25.4. The molecule has 0 fully saturated rings. The summed E-state index contributed by atoms with van der Waals surface area (Å²) in [5, 5.41) is 20.0. The monoisotopic (exact) mass is 502 g/mol. The summed E-state index contributed by atoms with van der Waals surface area (Å²) in [6.07, 6.45) is 0.428. The number of hydrogen-bond donors (Lipinski definition) is 4.